The molecular formula is C22H15ClF4N6O3. The van der Waals surface area contributed by atoms with Crippen molar-refractivity contribution in [3.63, 3.8) is 0 Å². The van der Waals surface area contributed by atoms with E-state index >= 15 is 0 Å². The Balaban J connectivity index is 1.65. The van der Waals surface area contributed by atoms with Crippen LogP contribution in [0.3, 0.4) is 0 Å². The van der Waals surface area contributed by atoms with Gasteiger partial charge in [-0.1, -0.05) is 11.6 Å². The molecule has 3 aromatic rings. The van der Waals surface area contributed by atoms with Crippen molar-refractivity contribution in [1.82, 2.24) is 25.4 Å². The van der Waals surface area contributed by atoms with E-state index in [1.54, 1.807) is 6.07 Å². The Morgan fingerprint density at radius 2 is 2.00 bits per heavy atom. The molecular weight excluding hydrogens is 508 g/mol. The number of nitriles is 1. The zero-order chi connectivity index (χ0) is 26.0. The molecule has 0 bridgehead atoms. The van der Waals surface area contributed by atoms with E-state index in [9.17, 15) is 27.2 Å². The number of nitrogens with zero attached hydrogens (tertiary/aromatic N) is 4. The fourth-order valence-corrected chi connectivity index (χ4v) is 3.90. The summed E-state index contributed by atoms with van der Waals surface area (Å²) in [6, 6.07) is 5.84. The average molecular weight is 523 g/mol. The lowest BCUT2D eigenvalue weighted by Gasteiger charge is -2.30. The third kappa shape index (κ3) is 5.45. The Morgan fingerprint density at radius 1 is 1.22 bits per heavy atom. The third-order valence-corrected chi connectivity index (χ3v) is 5.49. The van der Waals surface area contributed by atoms with Gasteiger partial charge in [-0.3, -0.25) is 24.6 Å². The predicted molar refractivity (Wildman–Crippen MR) is 116 cm³/mol. The zero-order valence-corrected chi connectivity index (χ0v) is 18.8. The van der Waals surface area contributed by atoms with E-state index in [4.69, 9.17) is 21.6 Å². The van der Waals surface area contributed by atoms with Crippen LogP contribution in [0.2, 0.25) is 5.02 Å². The van der Waals surface area contributed by atoms with Gasteiger partial charge in [-0.25, -0.2) is 14.8 Å². The molecule has 0 radical (unpaired) electrons. The number of hydrogen-bond donors (Lipinski definition) is 2. The molecule has 14 heteroatoms. The quantitative estimate of drug-likeness (QED) is 0.493. The van der Waals surface area contributed by atoms with Gasteiger partial charge in [-0.2, -0.15) is 18.4 Å². The first-order chi connectivity index (χ1) is 17.0. The smallest absolute Gasteiger partial charge is 0.437 e. The van der Waals surface area contributed by atoms with Crippen molar-refractivity contribution in [1.29, 1.82) is 5.26 Å². The van der Waals surface area contributed by atoms with Crippen LogP contribution in [0.15, 0.2) is 47.8 Å². The van der Waals surface area contributed by atoms with Gasteiger partial charge in [0.15, 0.2) is 5.69 Å². The highest BCUT2D eigenvalue weighted by atomic mass is 35.5. The van der Waals surface area contributed by atoms with Gasteiger partial charge < -0.3 is 4.74 Å². The lowest BCUT2D eigenvalue weighted by Crippen LogP contribution is -2.54. The first-order valence-electron chi connectivity index (χ1n) is 10.3. The number of hydrazine groups is 1. The lowest BCUT2D eigenvalue weighted by atomic mass is 9.91. The van der Waals surface area contributed by atoms with Crippen LogP contribution < -0.4 is 21.1 Å². The number of halogens is 5. The van der Waals surface area contributed by atoms with Crippen LogP contribution in [0, 0.1) is 17.1 Å². The number of nitrogens with one attached hydrogen (secondary N) is 2. The highest BCUT2D eigenvalue weighted by molar-refractivity contribution is 6.30. The van der Waals surface area contributed by atoms with Gasteiger partial charge >= 0.3 is 6.18 Å². The summed E-state index contributed by atoms with van der Waals surface area (Å²) in [4.78, 5) is 32.4. The molecule has 2 unspecified atom stereocenters. The van der Waals surface area contributed by atoms with Crippen molar-refractivity contribution < 1.29 is 27.1 Å². The summed E-state index contributed by atoms with van der Waals surface area (Å²) in [6.07, 6.45) is -1.91. The van der Waals surface area contributed by atoms with Crippen LogP contribution in [0.4, 0.5) is 17.6 Å². The monoisotopic (exact) mass is 522 g/mol. The minimum Gasteiger partial charge on any atom is -0.449 e. The number of alkyl halides is 3. The van der Waals surface area contributed by atoms with E-state index in [0.717, 1.165) is 29.0 Å². The Morgan fingerprint density at radius 3 is 2.69 bits per heavy atom. The molecule has 186 valence electrons. The number of hydrogen-bond acceptors (Lipinski definition) is 7. The summed E-state index contributed by atoms with van der Waals surface area (Å²) in [5.74, 6) is -3.29. The van der Waals surface area contributed by atoms with Crippen LogP contribution in [-0.2, 0) is 17.5 Å². The number of carbonyl (C=O) groups is 1. The summed E-state index contributed by atoms with van der Waals surface area (Å²) >= 11 is 5.89. The number of ether oxygens (including phenoxy) is 1. The summed E-state index contributed by atoms with van der Waals surface area (Å²) in [5.41, 5.74) is 2.69. The second-order valence-electron chi connectivity index (χ2n) is 7.82. The largest absolute Gasteiger partial charge is 0.449 e. The summed E-state index contributed by atoms with van der Waals surface area (Å²) in [6.45, 7) is -0.209. The molecule has 2 aromatic heterocycles. The second-order valence-corrected chi connectivity index (χ2v) is 8.26. The minimum atomic E-state index is -5.02. The van der Waals surface area contributed by atoms with Crippen LogP contribution >= 0.6 is 11.6 Å². The van der Waals surface area contributed by atoms with Gasteiger partial charge in [-0.15, -0.1) is 0 Å². The molecule has 0 aliphatic carbocycles. The number of amides is 1. The maximum Gasteiger partial charge on any atom is 0.437 e. The predicted octanol–water partition coefficient (Wildman–Crippen LogP) is 3.29. The maximum absolute atomic E-state index is 13.6. The molecule has 1 aromatic carbocycles. The van der Waals surface area contributed by atoms with Crippen molar-refractivity contribution >= 4 is 17.5 Å². The third-order valence-electron chi connectivity index (χ3n) is 5.27. The molecule has 1 fully saturated rings. The van der Waals surface area contributed by atoms with Crippen LogP contribution in [0.1, 0.15) is 29.2 Å². The van der Waals surface area contributed by atoms with E-state index in [2.05, 4.69) is 20.8 Å². The molecule has 2 N–H and O–H groups in total. The lowest BCUT2D eigenvalue weighted by molar-refractivity contribution is -0.142. The van der Waals surface area contributed by atoms with Gasteiger partial charge in [0.25, 0.3) is 5.56 Å². The Hall–Kier alpha value is -4.02. The Kier molecular flexibility index (Phi) is 6.91. The van der Waals surface area contributed by atoms with E-state index in [1.165, 1.54) is 12.3 Å². The van der Waals surface area contributed by atoms with E-state index in [1.807, 2.05) is 0 Å². The first kappa shape index (κ1) is 25.1. The molecule has 0 saturated carbocycles. The molecule has 4 rings (SSSR count). The zero-order valence-electron chi connectivity index (χ0n) is 18.0. The van der Waals surface area contributed by atoms with Crippen molar-refractivity contribution in [2.24, 2.45) is 0 Å². The summed E-state index contributed by atoms with van der Waals surface area (Å²) < 4.78 is 60.5. The number of aromatic nitrogens is 3. The van der Waals surface area contributed by atoms with Crippen LogP contribution in [-0.4, -0.2) is 26.5 Å². The fraction of sp³-hybridized carbons (Fsp3) is 0.227. The van der Waals surface area contributed by atoms with Crippen molar-refractivity contribution in [2.45, 2.75) is 31.1 Å². The Bertz CT molecular complexity index is 1420. The molecule has 9 nitrogen and oxygen atoms in total. The highest BCUT2D eigenvalue weighted by Gasteiger charge is 2.39. The number of rotatable bonds is 5. The summed E-state index contributed by atoms with van der Waals surface area (Å²) in [5, 5.41) is 9.09. The SMILES string of the molecule is N#Cc1cc(Cl)cc(Oc2c(C(F)(F)F)ncn(CC3CC(c4cncc(F)c4)C(=O)NN3)c2=O)c1. The molecule has 1 amide bonds. The van der Waals surface area contributed by atoms with Crippen LogP contribution in [0.5, 0.6) is 11.5 Å². The van der Waals surface area contributed by atoms with Gasteiger partial charge in [0.05, 0.1) is 30.1 Å². The Labute approximate surface area is 205 Å². The fourth-order valence-electron chi connectivity index (χ4n) is 3.67. The molecule has 36 heavy (non-hydrogen) atoms. The average Bonchev–Trinajstić information content (AvgIpc) is 2.81. The minimum absolute atomic E-state index is 0.00954. The molecule has 2 atom stereocenters. The normalized spacial score (nSPS) is 17.8. The van der Waals surface area contributed by atoms with Gasteiger partial charge in [0.1, 0.15) is 11.6 Å². The standard InChI is InChI=1S/C22H15ClF4N6O3/c23-13-1-11(6-28)2-16(4-13)36-18-19(22(25,26)27)30-10-33(21(18)35)9-15-5-17(20(34)32-31-15)12-3-14(24)8-29-7-12/h1-4,7-8,10,15,17,31H,5,9H2,(H,32,34). The molecule has 1 aliphatic rings. The topological polar surface area (TPSA) is 122 Å². The van der Waals surface area contributed by atoms with Crippen molar-refractivity contribution in [2.75, 3.05) is 0 Å². The molecule has 1 aliphatic heterocycles. The number of carbonyl (C=O) groups excluding carboxylic acids is 1. The van der Waals surface area contributed by atoms with Gasteiger partial charge in [-0.05, 0) is 36.2 Å². The van der Waals surface area contributed by atoms with Crippen molar-refractivity contribution in [3.05, 3.63) is 81.0 Å². The second kappa shape index (κ2) is 9.92. The van der Waals surface area contributed by atoms with Crippen LogP contribution in [0.25, 0.3) is 0 Å². The van der Waals surface area contributed by atoms with Crippen molar-refractivity contribution in [3.8, 4) is 17.6 Å². The van der Waals surface area contributed by atoms with E-state index in [-0.39, 0.29) is 29.3 Å². The van der Waals surface area contributed by atoms with E-state index in [0.29, 0.717) is 11.9 Å². The van der Waals surface area contributed by atoms with Gasteiger partial charge in [0, 0.05) is 23.8 Å². The molecule has 0 spiro atoms. The number of benzene rings is 1. The highest BCUT2D eigenvalue weighted by Crippen LogP contribution is 2.35. The maximum atomic E-state index is 13.6. The molecule has 3 heterocycles. The summed E-state index contributed by atoms with van der Waals surface area (Å²) in [7, 11) is 0. The molecule has 1 saturated heterocycles. The first-order valence-corrected chi connectivity index (χ1v) is 10.6. The van der Waals surface area contributed by atoms with E-state index < -0.39 is 46.9 Å². The van der Waals surface area contributed by atoms with Gasteiger partial charge in [0.2, 0.25) is 11.7 Å². The number of pyridine rings is 1.